The molecule has 2 heterocycles. The summed E-state index contributed by atoms with van der Waals surface area (Å²) in [5.41, 5.74) is 0.513. The second-order valence-electron chi connectivity index (χ2n) is 6.71. The first-order valence-electron chi connectivity index (χ1n) is 9.71. The number of nitrogens with one attached hydrogen (secondary N) is 2. The molecule has 1 aliphatic rings. The molecule has 0 spiro atoms. The number of rotatable bonds is 10. The van der Waals surface area contributed by atoms with E-state index in [1.165, 1.54) is 6.20 Å². The van der Waals surface area contributed by atoms with Gasteiger partial charge in [-0.3, -0.25) is 4.99 Å². The van der Waals surface area contributed by atoms with E-state index in [-0.39, 0.29) is 36.4 Å². The van der Waals surface area contributed by atoms with Gasteiger partial charge in [0.1, 0.15) is 0 Å². The molecule has 2 N–H and O–H groups in total. The zero-order valence-electron chi connectivity index (χ0n) is 17.0. The second kappa shape index (κ2) is 14.6. The van der Waals surface area contributed by atoms with E-state index < -0.39 is 12.8 Å². The molecule has 0 aromatic carbocycles. The van der Waals surface area contributed by atoms with Crippen LogP contribution in [0, 0.1) is 5.92 Å². The van der Waals surface area contributed by atoms with E-state index in [1.54, 1.807) is 19.2 Å². The zero-order chi connectivity index (χ0) is 21.0. The van der Waals surface area contributed by atoms with Crippen LogP contribution in [0.1, 0.15) is 24.8 Å². The molecule has 0 atom stereocenters. The van der Waals surface area contributed by atoms with Crippen LogP contribution in [0.5, 0.6) is 5.88 Å². The monoisotopic (exact) mass is 546 g/mol. The van der Waals surface area contributed by atoms with Crippen molar-refractivity contribution in [1.82, 2.24) is 15.6 Å². The molecule has 1 aromatic heterocycles. The standard InChI is InChI=1S/C19H29F3N4O3.HI/c1-23-18(25-8-3-9-28-13-15-5-10-27-11-6-15)26-12-16-4-2-7-24-17(16)29-14-19(20,21)22;/h2,4,7,15H,3,5-6,8-14H2,1H3,(H2,23,25,26);1H. The van der Waals surface area contributed by atoms with Crippen LogP contribution in [-0.2, 0) is 16.0 Å². The van der Waals surface area contributed by atoms with Crippen molar-refractivity contribution in [2.45, 2.75) is 32.0 Å². The Bertz CT molecular complexity index is 629. The number of aromatic nitrogens is 1. The number of aliphatic imine (C=N–C) groups is 1. The molecule has 0 saturated carbocycles. The van der Waals surface area contributed by atoms with Gasteiger partial charge in [-0.25, -0.2) is 4.98 Å². The summed E-state index contributed by atoms with van der Waals surface area (Å²) in [7, 11) is 1.63. The first-order chi connectivity index (χ1) is 14.0. The number of ether oxygens (including phenoxy) is 3. The van der Waals surface area contributed by atoms with E-state index in [9.17, 15) is 13.2 Å². The lowest BCUT2D eigenvalue weighted by Gasteiger charge is -2.21. The topological polar surface area (TPSA) is 77.0 Å². The molecule has 172 valence electrons. The molecular weight excluding hydrogens is 516 g/mol. The number of guanidine groups is 1. The maximum absolute atomic E-state index is 12.4. The van der Waals surface area contributed by atoms with Gasteiger partial charge in [0, 0.05) is 58.3 Å². The third-order valence-electron chi connectivity index (χ3n) is 4.34. The molecule has 7 nitrogen and oxygen atoms in total. The average Bonchev–Trinajstić information content (AvgIpc) is 2.72. The van der Waals surface area contributed by atoms with Gasteiger partial charge in [0.25, 0.3) is 0 Å². The van der Waals surface area contributed by atoms with Crippen LogP contribution in [0.4, 0.5) is 13.2 Å². The van der Waals surface area contributed by atoms with Crippen LogP contribution in [0.15, 0.2) is 23.3 Å². The number of nitrogens with zero attached hydrogens (tertiary/aromatic N) is 2. The predicted octanol–water partition coefficient (Wildman–Crippen LogP) is 3.14. The first kappa shape index (κ1) is 26.7. The van der Waals surface area contributed by atoms with Gasteiger partial charge >= 0.3 is 6.18 Å². The van der Waals surface area contributed by atoms with Crippen LogP contribution in [-0.4, -0.2) is 63.7 Å². The van der Waals surface area contributed by atoms with Gasteiger partial charge in [0.05, 0.1) is 0 Å². The van der Waals surface area contributed by atoms with Crippen LogP contribution in [0.25, 0.3) is 0 Å². The Morgan fingerprint density at radius 3 is 2.77 bits per heavy atom. The van der Waals surface area contributed by atoms with E-state index in [2.05, 4.69) is 20.6 Å². The van der Waals surface area contributed by atoms with Gasteiger partial charge in [0.2, 0.25) is 5.88 Å². The van der Waals surface area contributed by atoms with Crippen molar-refractivity contribution in [3.8, 4) is 5.88 Å². The number of hydrogen-bond donors (Lipinski definition) is 2. The van der Waals surface area contributed by atoms with E-state index in [0.29, 0.717) is 30.6 Å². The second-order valence-corrected chi connectivity index (χ2v) is 6.71. The summed E-state index contributed by atoms with van der Waals surface area (Å²) in [6.07, 6.45) is -0.0956. The summed E-state index contributed by atoms with van der Waals surface area (Å²) < 4.78 is 52.9. The van der Waals surface area contributed by atoms with Crippen molar-refractivity contribution >= 4 is 29.9 Å². The number of alkyl halides is 3. The largest absolute Gasteiger partial charge is 0.468 e. The number of halogens is 4. The molecule has 1 aliphatic heterocycles. The predicted molar refractivity (Wildman–Crippen MR) is 118 cm³/mol. The van der Waals surface area contributed by atoms with E-state index >= 15 is 0 Å². The van der Waals surface area contributed by atoms with Crippen molar-refractivity contribution < 1.29 is 27.4 Å². The van der Waals surface area contributed by atoms with E-state index in [4.69, 9.17) is 14.2 Å². The van der Waals surface area contributed by atoms with Crippen molar-refractivity contribution in [3.05, 3.63) is 23.9 Å². The normalized spacial score (nSPS) is 15.4. The van der Waals surface area contributed by atoms with Crippen LogP contribution < -0.4 is 15.4 Å². The van der Waals surface area contributed by atoms with Crippen molar-refractivity contribution in [1.29, 1.82) is 0 Å². The van der Waals surface area contributed by atoms with Gasteiger partial charge in [-0.05, 0) is 31.2 Å². The Hall–Kier alpha value is -1.34. The summed E-state index contributed by atoms with van der Waals surface area (Å²) in [5.74, 6) is 1.08. The van der Waals surface area contributed by atoms with E-state index in [1.807, 2.05) is 0 Å². The summed E-state index contributed by atoms with van der Waals surface area (Å²) in [6, 6.07) is 3.30. The summed E-state index contributed by atoms with van der Waals surface area (Å²) >= 11 is 0. The van der Waals surface area contributed by atoms with Gasteiger partial charge in [-0.15, -0.1) is 24.0 Å². The smallest absolute Gasteiger partial charge is 0.422 e. The number of pyridine rings is 1. The lowest BCUT2D eigenvalue weighted by Crippen LogP contribution is -2.37. The fraction of sp³-hybridized carbons (Fsp3) is 0.684. The Balaban J connectivity index is 0.00000450. The van der Waals surface area contributed by atoms with Crippen molar-refractivity contribution in [3.63, 3.8) is 0 Å². The Labute approximate surface area is 192 Å². The maximum atomic E-state index is 12.4. The van der Waals surface area contributed by atoms with Crippen LogP contribution >= 0.6 is 24.0 Å². The van der Waals surface area contributed by atoms with Gasteiger partial charge in [-0.1, -0.05) is 6.07 Å². The van der Waals surface area contributed by atoms with E-state index in [0.717, 1.165) is 39.1 Å². The lowest BCUT2D eigenvalue weighted by atomic mass is 10.0. The molecule has 2 rings (SSSR count). The molecule has 1 fully saturated rings. The van der Waals surface area contributed by atoms with Gasteiger partial charge in [0.15, 0.2) is 12.6 Å². The Kier molecular flexibility index (Phi) is 13.0. The zero-order valence-corrected chi connectivity index (χ0v) is 19.4. The molecule has 0 radical (unpaired) electrons. The van der Waals surface area contributed by atoms with Crippen LogP contribution in [0.3, 0.4) is 0 Å². The summed E-state index contributed by atoms with van der Waals surface area (Å²) in [4.78, 5) is 7.98. The third-order valence-corrected chi connectivity index (χ3v) is 4.34. The van der Waals surface area contributed by atoms with Crippen molar-refractivity contribution in [2.24, 2.45) is 10.9 Å². The minimum atomic E-state index is -4.41. The Morgan fingerprint density at radius 2 is 2.07 bits per heavy atom. The highest BCUT2D eigenvalue weighted by Gasteiger charge is 2.29. The molecular formula is C19H30F3IN4O3. The SMILES string of the molecule is CN=C(NCCCOCC1CCOCC1)NCc1cccnc1OCC(F)(F)F.I. The molecule has 1 saturated heterocycles. The molecule has 0 amide bonds. The Morgan fingerprint density at radius 1 is 1.30 bits per heavy atom. The van der Waals surface area contributed by atoms with Gasteiger partial charge < -0.3 is 24.8 Å². The molecule has 0 aliphatic carbocycles. The minimum absolute atomic E-state index is 0. The minimum Gasteiger partial charge on any atom is -0.468 e. The van der Waals surface area contributed by atoms with Gasteiger partial charge in [-0.2, -0.15) is 13.2 Å². The highest BCUT2D eigenvalue weighted by atomic mass is 127. The lowest BCUT2D eigenvalue weighted by molar-refractivity contribution is -0.154. The third kappa shape index (κ3) is 11.2. The molecule has 1 aromatic rings. The quantitative estimate of drug-likeness (QED) is 0.203. The molecule has 0 bridgehead atoms. The van der Waals surface area contributed by atoms with Crippen LogP contribution in [0.2, 0.25) is 0 Å². The molecule has 11 heteroatoms. The number of hydrogen-bond acceptors (Lipinski definition) is 5. The summed E-state index contributed by atoms with van der Waals surface area (Å²) in [6.45, 7) is 2.57. The average molecular weight is 546 g/mol. The molecule has 30 heavy (non-hydrogen) atoms. The summed E-state index contributed by atoms with van der Waals surface area (Å²) in [5, 5.41) is 6.20. The highest BCUT2D eigenvalue weighted by Crippen LogP contribution is 2.19. The maximum Gasteiger partial charge on any atom is 0.422 e. The molecule has 0 unspecified atom stereocenters. The first-order valence-corrected chi connectivity index (χ1v) is 9.71. The fourth-order valence-electron chi connectivity index (χ4n) is 2.78. The fourth-order valence-corrected chi connectivity index (χ4v) is 2.78. The highest BCUT2D eigenvalue weighted by molar-refractivity contribution is 14.0. The van der Waals surface area contributed by atoms with Crippen molar-refractivity contribution in [2.75, 3.05) is 46.6 Å².